The van der Waals surface area contributed by atoms with Gasteiger partial charge in [-0.15, -0.1) is 0 Å². The van der Waals surface area contributed by atoms with Crippen molar-refractivity contribution in [2.45, 2.75) is 13.0 Å². The summed E-state index contributed by atoms with van der Waals surface area (Å²) in [7, 11) is 0. The lowest BCUT2D eigenvalue weighted by atomic mass is 10.1. The molecule has 0 amide bonds. The Morgan fingerprint density at radius 2 is 2.00 bits per heavy atom. The van der Waals surface area contributed by atoms with Crippen LogP contribution in [0.15, 0.2) is 12.1 Å². The van der Waals surface area contributed by atoms with Crippen molar-refractivity contribution >= 4 is 0 Å². The second-order valence-electron chi connectivity index (χ2n) is 2.61. The first-order chi connectivity index (χ1) is 5.52. The average molecular weight is 173 g/mol. The van der Waals surface area contributed by atoms with E-state index in [9.17, 15) is 8.78 Å². The van der Waals surface area contributed by atoms with Crippen LogP contribution >= 0.6 is 0 Å². The largest absolute Gasteiger partial charge is 0.505 e. The van der Waals surface area contributed by atoms with E-state index in [1.807, 2.05) is 0 Å². The summed E-state index contributed by atoms with van der Waals surface area (Å²) in [5.74, 6) is -2.30. The fourth-order valence-corrected chi connectivity index (χ4v) is 0.933. The molecule has 66 valence electrons. The molecule has 0 unspecified atom stereocenters. The van der Waals surface area contributed by atoms with Crippen LogP contribution in [0, 0.1) is 11.6 Å². The van der Waals surface area contributed by atoms with Crippen molar-refractivity contribution in [1.82, 2.24) is 0 Å². The zero-order valence-electron chi connectivity index (χ0n) is 6.51. The van der Waals surface area contributed by atoms with Gasteiger partial charge >= 0.3 is 0 Å². The molecule has 4 heteroatoms. The van der Waals surface area contributed by atoms with Crippen LogP contribution in [-0.2, 0) is 0 Å². The van der Waals surface area contributed by atoms with Gasteiger partial charge < -0.3 is 10.8 Å². The molecule has 1 rings (SSSR count). The van der Waals surface area contributed by atoms with Gasteiger partial charge in [0, 0.05) is 17.7 Å². The van der Waals surface area contributed by atoms with E-state index < -0.39 is 23.4 Å². The highest BCUT2D eigenvalue weighted by atomic mass is 19.1. The molecule has 1 aromatic carbocycles. The molecule has 0 saturated carbocycles. The predicted molar refractivity (Wildman–Crippen MR) is 40.6 cm³/mol. The molecule has 2 nitrogen and oxygen atoms in total. The van der Waals surface area contributed by atoms with E-state index in [-0.39, 0.29) is 5.56 Å². The maximum Gasteiger partial charge on any atom is 0.168 e. The molecule has 0 bridgehead atoms. The Bertz CT molecular complexity index is 299. The molecule has 0 radical (unpaired) electrons. The second kappa shape index (κ2) is 3.06. The number of hydrogen-bond donors (Lipinski definition) is 2. The monoisotopic (exact) mass is 173 g/mol. The van der Waals surface area contributed by atoms with Gasteiger partial charge in [0.1, 0.15) is 5.82 Å². The highest BCUT2D eigenvalue weighted by Gasteiger charge is 2.12. The fraction of sp³-hybridized carbons (Fsp3) is 0.250. The van der Waals surface area contributed by atoms with E-state index in [1.54, 1.807) is 0 Å². The first-order valence-electron chi connectivity index (χ1n) is 3.46. The molecule has 1 aromatic rings. The molecule has 0 spiro atoms. The van der Waals surface area contributed by atoms with Gasteiger partial charge in [-0.3, -0.25) is 0 Å². The van der Waals surface area contributed by atoms with Crippen LogP contribution in [0.5, 0.6) is 5.75 Å². The molecule has 3 N–H and O–H groups in total. The smallest absolute Gasteiger partial charge is 0.168 e. The number of rotatable bonds is 1. The van der Waals surface area contributed by atoms with Crippen LogP contribution in [0.25, 0.3) is 0 Å². The van der Waals surface area contributed by atoms with Crippen molar-refractivity contribution < 1.29 is 13.9 Å². The number of phenolic OH excluding ortho intramolecular Hbond substituents is 1. The topological polar surface area (TPSA) is 46.2 Å². The molecule has 0 aliphatic carbocycles. The molecular formula is C8H9F2NO. The Morgan fingerprint density at radius 3 is 2.50 bits per heavy atom. The predicted octanol–water partition coefficient (Wildman–Crippen LogP) is 1.69. The van der Waals surface area contributed by atoms with E-state index in [4.69, 9.17) is 10.8 Å². The maximum atomic E-state index is 12.7. The van der Waals surface area contributed by atoms with Crippen LogP contribution < -0.4 is 5.73 Å². The van der Waals surface area contributed by atoms with Crippen molar-refractivity contribution in [2.75, 3.05) is 0 Å². The lowest BCUT2D eigenvalue weighted by Gasteiger charge is -2.08. The SMILES string of the molecule is C[C@H](N)c1cc(F)cc(F)c1O. The highest BCUT2D eigenvalue weighted by Crippen LogP contribution is 2.26. The average Bonchev–Trinajstić information content (AvgIpc) is 1.96. The molecular weight excluding hydrogens is 164 g/mol. The van der Waals surface area contributed by atoms with E-state index >= 15 is 0 Å². The summed E-state index contributed by atoms with van der Waals surface area (Å²) >= 11 is 0. The summed E-state index contributed by atoms with van der Waals surface area (Å²) in [6.45, 7) is 1.54. The Hall–Kier alpha value is -1.16. The summed E-state index contributed by atoms with van der Waals surface area (Å²) in [5, 5.41) is 9.07. The van der Waals surface area contributed by atoms with Crippen molar-refractivity contribution in [3.05, 3.63) is 29.3 Å². The van der Waals surface area contributed by atoms with Gasteiger partial charge in [0.2, 0.25) is 0 Å². The minimum atomic E-state index is -0.984. The minimum absolute atomic E-state index is 0.0764. The zero-order chi connectivity index (χ0) is 9.30. The Morgan fingerprint density at radius 1 is 1.42 bits per heavy atom. The van der Waals surface area contributed by atoms with Gasteiger partial charge in [-0.2, -0.15) is 0 Å². The Labute approximate surface area is 68.6 Å². The van der Waals surface area contributed by atoms with E-state index in [0.29, 0.717) is 6.07 Å². The van der Waals surface area contributed by atoms with Gasteiger partial charge in [0.15, 0.2) is 11.6 Å². The summed E-state index contributed by atoms with van der Waals surface area (Å²) < 4.78 is 25.2. The van der Waals surface area contributed by atoms with Crippen molar-refractivity contribution in [2.24, 2.45) is 5.73 Å². The first kappa shape index (κ1) is 8.93. The number of benzene rings is 1. The third-order valence-corrected chi connectivity index (χ3v) is 1.55. The summed E-state index contributed by atoms with van der Waals surface area (Å²) in [6, 6.07) is 1.04. The molecule has 0 fully saturated rings. The zero-order valence-corrected chi connectivity index (χ0v) is 6.51. The molecule has 1 atom stereocenters. The molecule has 0 heterocycles. The highest BCUT2D eigenvalue weighted by molar-refractivity contribution is 5.36. The number of aromatic hydroxyl groups is 1. The molecule has 0 aromatic heterocycles. The molecule has 0 saturated heterocycles. The van der Waals surface area contributed by atoms with Gasteiger partial charge in [-0.1, -0.05) is 0 Å². The van der Waals surface area contributed by atoms with Gasteiger partial charge in [0.05, 0.1) is 0 Å². The lowest BCUT2D eigenvalue weighted by Crippen LogP contribution is -2.06. The number of phenols is 1. The number of nitrogens with two attached hydrogens (primary N) is 1. The van der Waals surface area contributed by atoms with E-state index in [1.165, 1.54) is 6.92 Å². The van der Waals surface area contributed by atoms with Gasteiger partial charge in [-0.05, 0) is 13.0 Å². The molecule has 12 heavy (non-hydrogen) atoms. The lowest BCUT2D eigenvalue weighted by molar-refractivity contribution is 0.417. The maximum absolute atomic E-state index is 12.7. The van der Waals surface area contributed by atoms with Gasteiger partial charge in [0.25, 0.3) is 0 Å². The number of hydrogen-bond acceptors (Lipinski definition) is 2. The third kappa shape index (κ3) is 1.53. The van der Waals surface area contributed by atoms with Crippen LogP contribution in [0.4, 0.5) is 8.78 Å². The Kier molecular flexibility index (Phi) is 2.28. The molecule has 0 aliphatic heterocycles. The van der Waals surface area contributed by atoms with Gasteiger partial charge in [-0.25, -0.2) is 8.78 Å². The van der Waals surface area contributed by atoms with Crippen LogP contribution in [-0.4, -0.2) is 5.11 Å². The summed E-state index contributed by atoms with van der Waals surface area (Å²) in [4.78, 5) is 0. The summed E-state index contributed by atoms with van der Waals surface area (Å²) in [5.41, 5.74) is 5.44. The normalized spacial score (nSPS) is 13.0. The third-order valence-electron chi connectivity index (χ3n) is 1.55. The fourth-order valence-electron chi connectivity index (χ4n) is 0.933. The molecule has 0 aliphatic rings. The standard InChI is InChI=1S/C8H9F2NO/c1-4(11)6-2-5(9)3-7(10)8(6)12/h2-4,12H,11H2,1H3/t4-/m0/s1. The van der Waals surface area contributed by atoms with E-state index in [0.717, 1.165) is 6.07 Å². The van der Waals surface area contributed by atoms with Crippen LogP contribution in [0.3, 0.4) is 0 Å². The van der Waals surface area contributed by atoms with Crippen molar-refractivity contribution in [3.8, 4) is 5.75 Å². The van der Waals surface area contributed by atoms with Crippen LogP contribution in [0.1, 0.15) is 18.5 Å². The first-order valence-corrected chi connectivity index (χ1v) is 3.46. The summed E-state index contributed by atoms with van der Waals surface area (Å²) in [6.07, 6.45) is 0. The van der Waals surface area contributed by atoms with Crippen molar-refractivity contribution in [3.63, 3.8) is 0 Å². The van der Waals surface area contributed by atoms with Crippen LogP contribution in [0.2, 0.25) is 0 Å². The van der Waals surface area contributed by atoms with E-state index in [2.05, 4.69) is 0 Å². The Balaban J connectivity index is 3.28. The quantitative estimate of drug-likeness (QED) is 0.678. The minimum Gasteiger partial charge on any atom is -0.505 e. The second-order valence-corrected chi connectivity index (χ2v) is 2.61. The van der Waals surface area contributed by atoms with Crippen molar-refractivity contribution in [1.29, 1.82) is 0 Å². The number of halogens is 2.